The van der Waals surface area contributed by atoms with Gasteiger partial charge in [0.05, 0.1) is 17.6 Å². The average molecular weight is 230 g/mol. The maximum Gasteiger partial charge on any atom is 0.241 e. The zero-order valence-corrected chi connectivity index (χ0v) is 9.53. The number of aromatic amines is 1. The fraction of sp³-hybridized carbons (Fsp3) is 0.167. The zero-order valence-electron chi connectivity index (χ0n) is 9.53. The quantitative estimate of drug-likeness (QED) is 0.679. The number of carbonyl (C=O) groups is 1. The van der Waals surface area contributed by atoms with Crippen molar-refractivity contribution in [3.63, 3.8) is 0 Å². The summed E-state index contributed by atoms with van der Waals surface area (Å²) in [6.45, 7) is 0.696. The Kier molecular flexibility index (Phi) is 3.20. The number of primary amides is 1. The van der Waals surface area contributed by atoms with Crippen LogP contribution in [0.3, 0.4) is 0 Å². The molecule has 5 nitrogen and oxygen atoms in total. The van der Waals surface area contributed by atoms with Crippen LogP contribution in [0.25, 0.3) is 17.1 Å². The smallest absolute Gasteiger partial charge is 0.241 e. The second-order valence-corrected chi connectivity index (χ2v) is 3.73. The number of nitrogens with two attached hydrogens (primary N) is 1. The predicted molar refractivity (Wildman–Crippen MR) is 67.1 cm³/mol. The molecule has 1 amide bonds. The fourth-order valence-corrected chi connectivity index (χ4v) is 1.61. The van der Waals surface area contributed by atoms with Gasteiger partial charge in [-0.1, -0.05) is 6.07 Å². The van der Waals surface area contributed by atoms with Crippen LogP contribution in [0.15, 0.2) is 24.3 Å². The Labute approximate surface area is 98.7 Å². The van der Waals surface area contributed by atoms with Crippen LogP contribution in [0.1, 0.15) is 11.4 Å². The highest BCUT2D eigenvalue weighted by atomic mass is 16.1. The maximum atomic E-state index is 10.6. The second-order valence-electron chi connectivity index (χ2n) is 3.73. The first-order valence-corrected chi connectivity index (χ1v) is 5.30. The summed E-state index contributed by atoms with van der Waals surface area (Å²) in [5, 5.41) is 3.03. The van der Waals surface area contributed by atoms with E-state index >= 15 is 0 Å². The predicted octanol–water partition coefficient (Wildman–Crippen LogP) is 0.781. The summed E-state index contributed by atoms with van der Waals surface area (Å²) in [4.78, 5) is 18.2. The molecule has 2 aromatic rings. The van der Waals surface area contributed by atoms with Crippen LogP contribution in [0.4, 0.5) is 0 Å². The Bertz CT molecular complexity index is 571. The summed E-state index contributed by atoms with van der Waals surface area (Å²) in [7, 11) is 1.87. The molecular weight excluding hydrogens is 216 g/mol. The van der Waals surface area contributed by atoms with Crippen molar-refractivity contribution in [1.82, 2.24) is 15.3 Å². The molecule has 0 radical (unpaired) electrons. The lowest BCUT2D eigenvalue weighted by Crippen LogP contribution is -2.06. The fourth-order valence-electron chi connectivity index (χ4n) is 1.61. The van der Waals surface area contributed by atoms with Crippen LogP contribution in [0.2, 0.25) is 0 Å². The molecule has 0 saturated carbocycles. The first kappa shape index (κ1) is 11.3. The van der Waals surface area contributed by atoms with E-state index in [2.05, 4.69) is 15.3 Å². The highest BCUT2D eigenvalue weighted by Gasteiger charge is 2.01. The number of H-pyrrole nitrogens is 1. The van der Waals surface area contributed by atoms with E-state index in [1.165, 1.54) is 6.08 Å². The lowest BCUT2D eigenvalue weighted by atomic mass is 10.2. The highest BCUT2D eigenvalue weighted by molar-refractivity contribution is 5.91. The average Bonchev–Trinajstić information content (AvgIpc) is 2.68. The van der Waals surface area contributed by atoms with Gasteiger partial charge < -0.3 is 16.0 Å². The Hall–Kier alpha value is -2.14. The van der Waals surface area contributed by atoms with E-state index in [0.717, 1.165) is 22.4 Å². The van der Waals surface area contributed by atoms with Crippen molar-refractivity contribution >= 4 is 23.0 Å². The van der Waals surface area contributed by atoms with Crippen LogP contribution in [0, 0.1) is 0 Å². The lowest BCUT2D eigenvalue weighted by Gasteiger charge is -1.92. The van der Waals surface area contributed by atoms with Gasteiger partial charge in [0.1, 0.15) is 5.82 Å². The number of carbonyl (C=O) groups excluding carboxylic acids is 1. The Morgan fingerprint density at radius 1 is 1.59 bits per heavy atom. The molecule has 0 bridgehead atoms. The molecule has 0 atom stereocenters. The van der Waals surface area contributed by atoms with Gasteiger partial charge in [-0.2, -0.15) is 0 Å². The summed E-state index contributed by atoms with van der Waals surface area (Å²) in [5.74, 6) is 0.434. The Morgan fingerprint density at radius 3 is 3.12 bits per heavy atom. The lowest BCUT2D eigenvalue weighted by molar-refractivity contribution is -0.113. The normalized spacial score (nSPS) is 11.4. The van der Waals surface area contributed by atoms with Gasteiger partial charge in [0.25, 0.3) is 0 Å². The molecule has 5 heteroatoms. The molecule has 1 aromatic heterocycles. The molecule has 0 unspecified atom stereocenters. The number of aromatic nitrogens is 2. The number of nitrogens with zero attached hydrogens (tertiary/aromatic N) is 1. The van der Waals surface area contributed by atoms with Crippen LogP contribution >= 0.6 is 0 Å². The van der Waals surface area contributed by atoms with E-state index in [1.807, 2.05) is 25.2 Å². The summed E-state index contributed by atoms with van der Waals surface area (Å²) < 4.78 is 0. The van der Waals surface area contributed by atoms with E-state index in [9.17, 15) is 4.79 Å². The second kappa shape index (κ2) is 4.80. The van der Waals surface area contributed by atoms with Crippen molar-refractivity contribution in [2.24, 2.45) is 5.73 Å². The maximum absolute atomic E-state index is 10.6. The van der Waals surface area contributed by atoms with E-state index in [0.29, 0.717) is 6.54 Å². The van der Waals surface area contributed by atoms with E-state index in [-0.39, 0.29) is 0 Å². The largest absolute Gasteiger partial charge is 0.366 e. The van der Waals surface area contributed by atoms with Crippen molar-refractivity contribution in [3.05, 3.63) is 35.7 Å². The van der Waals surface area contributed by atoms with Gasteiger partial charge in [0, 0.05) is 6.08 Å². The van der Waals surface area contributed by atoms with Gasteiger partial charge in [0.15, 0.2) is 0 Å². The number of amides is 1. The summed E-state index contributed by atoms with van der Waals surface area (Å²) in [5.41, 5.74) is 7.81. The molecule has 0 saturated heterocycles. The minimum Gasteiger partial charge on any atom is -0.366 e. The number of hydrogen-bond acceptors (Lipinski definition) is 3. The standard InChI is InChI=1S/C12H14N4O/c1-14-7-12-15-9-4-2-8(3-5-11(13)17)6-10(9)16-12/h2-6,14H,7H2,1H3,(H2,13,17)(H,15,16)/b5-3+. The van der Waals surface area contributed by atoms with Gasteiger partial charge in [-0.05, 0) is 30.8 Å². The van der Waals surface area contributed by atoms with Crippen molar-refractivity contribution in [2.45, 2.75) is 6.54 Å². The van der Waals surface area contributed by atoms with E-state index < -0.39 is 5.91 Å². The summed E-state index contributed by atoms with van der Waals surface area (Å²) in [6, 6.07) is 5.73. The number of rotatable bonds is 4. The molecule has 1 aromatic carbocycles. The van der Waals surface area contributed by atoms with Crippen molar-refractivity contribution < 1.29 is 4.79 Å². The van der Waals surface area contributed by atoms with Crippen LogP contribution < -0.4 is 11.1 Å². The molecule has 1 heterocycles. The SMILES string of the molecule is CNCc1nc2ccc(/C=C/C(N)=O)cc2[nH]1. The molecule has 0 aliphatic carbocycles. The van der Waals surface area contributed by atoms with Gasteiger partial charge in [0.2, 0.25) is 5.91 Å². The third kappa shape index (κ3) is 2.70. The number of imidazole rings is 1. The topological polar surface area (TPSA) is 83.8 Å². The number of nitrogens with one attached hydrogen (secondary N) is 2. The molecule has 0 aliphatic heterocycles. The van der Waals surface area contributed by atoms with Gasteiger partial charge >= 0.3 is 0 Å². The molecule has 0 spiro atoms. The van der Waals surface area contributed by atoms with Crippen LogP contribution in [-0.2, 0) is 11.3 Å². The molecule has 0 fully saturated rings. The third-order valence-corrected chi connectivity index (χ3v) is 2.34. The van der Waals surface area contributed by atoms with Crippen LogP contribution in [-0.4, -0.2) is 22.9 Å². The Morgan fingerprint density at radius 2 is 2.41 bits per heavy atom. The van der Waals surface area contributed by atoms with Crippen molar-refractivity contribution in [1.29, 1.82) is 0 Å². The summed E-state index contributed by atoms with van der Waals surface area (Å²) >= 11 is 0. The first-order chi connectivity index (χ1) is 8.19. The monoisotopic (exact) mass is 230 g/mol. The third-order valence-electron chi connectivity index (χ3n) is 2.34. The molecular formula is C12H14N4O. The summed E-state index contributed by atoms with van der Waals surface area (Å²) in [6.07, 6.45) is 3.02. The van der Waals surface area contributed by atoms with E-state index in [4.69, 9.17) is 5.73 Å². The Balaban J connectivity index is 2.33. The number of fused-ring (bicyclic) bond motifs is 1. The van der Waals surface area contributed by atoms with Gasteiger partial charge in [-0.25, -0.2) is 4.98 Å². The molecule has 2 rings (SSSR count). The first-order valence-electron chi connectivity index (χ1n) is 5.30. The van der Waals surface area contributed by atoms with Crippen LogP contribution in [0.5, 0.6) is 0 Å². The van der Waals surface area contributed by atoms with Gasteiger partial charge in [-0.3, -0.25) is 4.79 Å². The molecule has 17 heavy (non-hydrogen) atoms. The molecule has 88 valence electrons. The van der Waals surface area contributed by atoms with E-state index in [1.54, 1.807) is 6.08 Å². The molecule has 0 aliphatic rings. The highest BCUT2D eigenvalue weighted by Crippen LogP contribution is 2.14. The minimum absolute atomic E-state index is 0.453. The molecule has 4 N–H and O–H groups in total. The number of benzene rings is 1. The van der Waals surface area contributed by atoms with Crippen molar-refractivity contribution in [3.8, 4) is 0 Å². The minimum atomic E-state index is -0.453. The van der Waals surface area contributed by atoms with Crippen molar-refractivity contribution in [2.75, 3.05) is 7.05 Å². The number of hydrogen-bond donors (Lipinski definition) is 3. The van der Waals surface area contributed by atoms with Gasteiger partial charge in [-0.15, -0.1) is 0 Å². The zero-order chi connectivity index (χ0) is 12.3.